The second-order valence-electron chi connectivity index (χ2n) is 4.86. The highest BCUT2D eigenvalue weighted by molar-refractivity contribution is 5.81. The Labute approximate surface area is 92.4 Å². The molecule has 1 fully saturated rings. The summed E-state index contributed by atoms with van der Waals surface area (Å²) < 4.78 is 0. The average molecular weight is 213 g/mol. The van der Waals surface area contributed by atoms with E-state index in [-0.39, 0.29) is 17.5 Å². The summed E-state index contributed by atoms with van der Waals surface area (Å²) in [4.78, 5) is 14.0. The Morgan fingerprint density at radius 2 is 1.93 bits per heavy atom. The molecule has 0 bridgehead atoms. The molecule has 2 N–H and O–H groups in total. The lowest BCUT2D eigenvalue weighted by molar-refractivity contribution is -0.124. The van der Waals surface area contributed by atoms with Crippen LogP contribution >= 0.6 is 0 Å². The van der Waals surface area contributed by atoms with E-state index in [1.165, 1.54) is 0 Å². The molecule has 1 saturated heterocycles. The third kappa shape index (κ3) is 3.47. The van der Waals surface area contributed by atoms with E-state index in [2.05, 4.69) is 29.5 Å². The molecule has 1 aliphatic rings. The van der Waals surface area contributed by atoms with E-state index >= 15 is 0 Å². The Kier molecular flexibility index (Phi) is 4.11. The van der Waals surface area contributed by atoms with Gasteiger partial charge in [-0.2, -0.15) is 0 Å². The van der Waals surface area contributed by atoms with Crippen LogP contribution in [0.2, 0.25) is 0 Å². The molecule has 1 heterocycles. The van der Waals surface area contributed by atoms with Crippen LogP contribution in [0.25, 0.3) is 0 Å². The van der Waals surface area contributed by atoms with Crippen molar-refractivity contribution in [2.45, 2.75) is 38.3 Å². The largest absolute Gasteiger partial charge is 0.350 e. The lowest BCUT2D eigenvalue weighted by Gasteiger charge is -2.39. The van der Waals surface area contributed by atoms with Crippen molar-refractivity contribution in [3.8, 4) is 0 Å². The van der Waals surface area contributed by atoms with Gasteiger partial charge in [-0.25, -0.2) is 0 Å². The Balaban J connectivity index is 2.46. The number of likely N-dealkylation sites (N-methyl/N-ethyl adjacent to an activating group) is 1. The van der Waals surface area contributed by atoms with Crippen LogP contribution in [0.5, 0.6) is 0 Å². The highest BCUT2D eigenvalue weighted by atomic mass is 16.2. The van der Waals surface area contributed by atoms with Crippen LogP contribution in [0.1, 0.15) is 26.7 Å². The summed E-state index contributed by atoms with van der Waals surface area (Å²) in [6.07, 6.45) is 2.07. The van der Waals surface area contributed by atoms with E-state index in [9.17, 15) is 4.79 Å². The summed E-state index contributed by atoms with van der Waals surface area (Å²) in [5.41, 5.74) is -0.0191. The van der Waals surface area contributed by atoms with Crippen molar-refractivity contribution < 1.29 is 4.79 Å². The van der Waals surface area contributed by atoms with Gasteiger partial charge in [0.1, 0.15) is 0 Å². The zero-order valence-corrected chi connectivity index (χ0v) is 10.3. The molecule has 0 radical (unpaired) electrons. The van der Waals surface area contributed by atoms with E-state index in [0.717, 1.165) is 25.9 Å². The van der Waals surface area contributed by atoms with Crippen molar-refractivity contribution in [1.82, 2.24) is 15.5 Å². The fourth-order valence-corrected chi connectivity index (χ4v) is 1.77. The molecule has 0 aliphatic carbocycles. The first kappa shape index (κ1) is 12.5. The van der Waals surface area contributed by atoms with Gasteiger partial charge in [0.15, 0.2) is 0 Å². The van der Waals surface area contributed by atoms with Gasteiger partial charge >= 0.3 is 0 Å². The summed E-state index contributed by atoms with van der Waals surface area (Å²) in [6, 6.07) is -0.110. The number of carbonyl (C=O) groups is 1. The van der Waals surface area contributed by atoms with Gasteiger partial charge in [-0.05, 0) is 40.8 Å². The number of hydrogen-bond acceptors (Lipinski definition) is 3. The smallest absolute Gasteiger partial charge is 0.237 e. The van der Waals surface area contributed by atoms with Gasteiger partial charge in [0.2, 0.25) is 5.91 Å². The standard InChI is InChI=1S/C11H23N3O/c1-9(12-3)10(15)13-11(2)5-7-14(4)8-6-11/h9,12H,5-8H2,1-4H3,(H,13,15). The molecule has 4 nitrogen and oxygen atoms in total. The van der Waals surface area contributed by atoms with Crippen LogP contribution in [0.4, 0.5) is 0 Å². The molecular weight excluding hydrogens is 190 g/mol. The van der Waals surface area contributed by atoms with Crippen molar-refractivity contribution in [1.29, 1.82) is 0 Å². The van der Waals surface area contributed by atoms with Crippen LogP contribution in [-0.2, 0) is 4.79 Å². The molecule has 4 heteroatoms. The summed E-state index contributed by atoms with van der Waals surface area (Å²) in [7, 11) is 3.93. The normalized spacial score (nSPS) is 23.5. The van der Waals surface area contributed by atoms with E-state index in [4.69, 9.17) is 0 Å². The first-order chi connectivity index (χ1) is 6.97. The van der Waals surface area contributed by atoms with Crippen molar-refractivity contribution in [3.05, 3.63) is 0 Å². The van der Waals surface area contributed by atoms with Gasteiger partial charge in [-0.1, -0.05) is 0 Å². The van der Waals surface area contributed by atoms with E-state index < -0.39 is 0 Å². The quantitative estimate of drug-likeness (QED) is 0.703. The topological polar surface area (TPSA) is 44.4 Å². The zero-order chi connectivity index (χ0) is 11.5. The molecule has 0 aromatic rings. The van der Waals surface area contributed by atoms with Crippen LogP contribution in [0, 0.1) is 0 Å². The van der Waals surface area contributed by atoms with Crippen molar-refractivity contribution in [3.63, 3.8) is 0 Å². The Hall–Kier alpha value is -0.610. The maximum Gasteiger partial charge on any atom is 0.237 e. The Morgan fingerprint density at radius 3 is 2.40 bits per heavy atom. The highest BCUT2D eigenvalue weighted by Gasteiger charge is 2.31. The third-order valence-electron chi connectivity index (χ3n) is 3.34. The molecule has 1 rings (SSSR count). The van der Waals surface area contributed by atoms with Gasteiger partial charge in [0.25, 0.3) is 0 Å². The van der Waals surface area contributed by atoms with Gasteiger partial charge in [0.05, 0.1) is 6.04 Å². The van der Waals surface area contributed by atoms with Gasteiger partial charge in [0, 0.05) is 18.6 Å². The number of rotatable bonds is 3. The molecule has 1 unspecified atom stereocenters. The molecule has 88 valence electrons. The fourth-order valence-electron chi connectivity index (χ4n) is 1.77. The number of hydrogen-bond donors (Lipinski definition) is 2. The van der Waals surface area contributed by atoms with E-state index in [0.29, 0.717) is 0 Å². The van der Waals surface area contributed by atoms with Crippen LogP contribution < -0.4 is 10.6 Å². The van der Waals surface area contributed by atoms with Crippen molar-refractivity contribution >= 4 is 5.91 Å². The van der Waals surface area contributed by atoms with Gasteiger partial charge in [-0.15, -0.1) is 0 Å². The average Bonchev–Trinajstić information content (AvgIpc) is 2.21. The minimum atomic E-state index is -0.110. The number of amides is 1. The van der Waals surface area contributed by atoms with Crippen molar-refractivity contribution in [2.75, 3.05) is 27.2 Å². The lowest BCUT2D eigenvalue weighted by atomic mass is 9.89. The van der Waals surface area contributed by atoms with Crippen LogP contribution in [-0.4, -0.2) is 49.6 Å². The summed E-state index contributed by atoms with van der Waals surface area (Å²) >= 11 is 0. The highest BCUT2D eigenvalue weighted by Crippen LogP contribution is 2.20. The predicted molar refractivity (Wildman–Crippen MR) is 61.8 cm³/mol. The fraction of sp³-hybridized carbons (Fsp3) is 0.909. The minimum absolute atomic E-state index is 0.0191. The number of nitrogens with one attached hydrogen (secondary N) is 2. The summed E-state index contributed by atoms with van der Waals surface area (Å²) in [6.45, 7) is 6.14. The number of piperidine rings is 1. The monoisotopic (exact) mass is 213 g/mol. The maximum atomic E-state index is 11.7. The SMILES string of the molecule is CNC(C)C(=O)NC1(C)CCN(C)CC1. The van der Waals surface area contributed by atoms with Crippen LogP contribution in [0.15, 0.2) is 0 Å². The summed E-state index contributed by atoms with van der Waals surface area (Å²) in [5, 5.41) is 6.10. The number of likely N-dealkylation sites (tertiary alicyclic amines) is 1. The molecule has 0 saturated carbocycles. The molecule has 1 aliphatic heterocycles. The molecular formula is C11H23N3O. The molecule has 0 aromatic carbocycles. The zero-order valence-electron chi connectivity index (χ0n) is 10.3. The van der Waals surface area contributed by atoms with E-state index in [1.54, 1.807) is 7.05 Å². The Morgan fingerprint density at radius 1 is 1.40 bits per heavy atom. The number of carbonyl (C=O) groups excluding carboxylic acids is 1. The maximum absolute atomic E-state index is 11.7. The summed E-state index contributed by atoms with van der Waals surface area (Å²) in [5.74, 6) is 0.101. The number of nitrogens with zero attached hydrogens (tertiary/aromatic N) is 1. The molecule has 15 heavy (non-hydrogen) atoms. The lowest BCUT2D eigenvalue weighted by Crippen LogP contribution is -2.56. The first-order valence-corrected chi connectivity index (χ1v) is 5.65. The van der Waals surface area contributed by atoms with Gasteiger partial charge < -0.3 is 15.5 Å². The predicted octanol–water partition coefficient (Wildman–Crippen LogP) is 0.195. The second kappa shape index (κ2) is 4.94. The Bertz CT molecular complexity index is 222. The first-order valence-electron chi connectivity index (χ1n) is 5.65. The molecule has 1 amide bonds. The second-order valence-corrected chi connectivity index (χ2v) is 4.86. The molecule has 0 spiro atoms. The van der Waals surface area contributed by atoms with Crippen LogP contribution in [0.3, 0.4) is 0 Å². The van der Waals surface area contributed by atoms with Gasteiger partial charge in [-0.3, -0.25) is 4.79 Å². The third-order valence-corrected chi connectivity index (χ3v) is 3.34. The van der Waals surface area contributed by atoms with E-state index in [1.807, 2.05) is 6.92 Å². The van der Waals surface area contributed by atoms with Crippen molar-refractivity contribution in [2.24, 2.45) is 0 Å². The minimum Gasteiger partial charge on any atom is -0.350 e. The molecule has 1 atom stereocenters. The molecule has 0 aromatic heterocycles.